The van der Waals surface area contributed by atoms with Gasteiger partial charge in [0.25, 0.3) is 0 Å². The number of methoxy groups -OCH3 is 1. The van der Waals surface area contributed by atoms with E-state index < -0.39 is 29.2 Å². The van der Waals surface area contributed by atoms with Crippen LogP contribution < -0.4 is 5.32 Å². The monoisotopic (exact) mass is 636 g/mol. The van der Waals surface area contributed by atoms with Gasteiger partial charge < -0.3 is 29.2 Å². The van der Waals surface area contributed by atoms with E-state index in [2.05, 4.69) is 5.32 Å². The third-order valence-corrected chi connectivity index (χ3v) is 7.85. The number of morpholine rings is 1. The van der Waals surface area contributed by atoms with E-state index in [4.69, 9.17) is 14.5 Å². The number of fused-ring (bicyclic) bond motifs is 1. The van der Waals surface area contributed by atoms with E-state index in [0.29, 0.717) is 46.7 Å². The van der Waals surface area contributed by atoms with Gasteiger partial charge in [0.15, 0.2) is 0 Å². The number of aryl methyl sites for hydroxylation is 1. The summed E-state index contributed by atoms with van der Waals surface area (Å²) in [6, 6.07) is 6.61. The zero-order valence-electron chi connectivity index (χ0n) is 20.8. The minimum Gasteiger partial charge on any atom is -0.480 e. The van der Waals surface area contributed by atoms with Crippen LogP contribution in [-0.4, -0.2) is 70.3 Å². The molecule has 2 N–H and O–H groups in total. The van der Waals surface area contributed by atoms with E-state index in [-0.39, 0.29) is 30.2 Å². The summed E-state index contributed by atoms with van der Waals surface area (Å²) >= 11 is 1.99. The van der Waals surface area contributed by atoms with Gasteiger partial charge >= 0.3 is 12.1 Å². The normalized spacial score (nSPS) is 18.3. The smallest absolute Gasteiger partial charge is 0.409 e. The minimum absolute atomic E-state index is 0.179. The summed E-state index contributed by atoms with van der Waals surface area (Å²) in [6.45, 7) is 3.04. The second-order valence-corrected chi connectivity index (χ2v) is 10.8. The molecule has 2 fully saturated rings. The van der Waals surface area contributed by atoms with Crippen LogP contribution in [0.15, 0.2) is 30.5 Å². The van der Waals surface area contributed by atoms with Gasteiger partial charge in [-0.05, 0) is 72.2 Å². The molecule has 2 aromatic heterocycles. The summed E-state index contributed by atoms with van der Waals surface area (Å²) in [7, 11) is 1.33. The number of aliphatic carboxylic acids is 1. The number of aromatic nitrogens is 2. The molecule has 2 aliphatic rings. The predicted molar refractivity (Wildman–Crippen MR) is 143 cm³/mol. The fraction of sp³-hybridized carbons (Fsp3) is 0.385. The molecule has 200 valence electrons. The van der Waals surface area contributed by atoms with Gasteiger partial charge in [0.05, 0.1) is 43.3 Å². The zero-order valence-corrected chi connectivity index (χ0v) is 23.0. The number of halogens is 2. The Balaban J connectivity index is 1.50. The molecule has 1 aromatic carbocycles. The molecule has 0 bridgehead atoms. The molecule has 5 rings (SSSR count). The second-order valence-electron chi connectivity index (χ2n) is 9.61. The summed E-state index contributed by atoms with van der Waals surface area (Å²) in [5.74, 6) is -2.43. The first-order valence-electron chi connectivity index (χ1n) is 12.1. The lowest BCUT2D eigenvalue weighted by molar-refractivity contribution is -0.147. The Bertz CT molecular complexity index is 1430. The zero-order chi connectivity index (χ0) is 27.2. The lowest BCUT2D eigenvalue weighted by Crippen LogP contribution is -2.46. The maximum atomic E-state index is 15.7. The highest BCUT2D eigenvalue weighted by Crippen LogP contribution is 2.47. The van der Waals surface area contributed by atoms with Gasteiger partial charge in [0.2, 0.25) is 5.91 Å². The summed E-state index contributed by atoms with van der Waals surface area (Å²) in [6.07, 6.45) is 1.97. The molecule has 1 saturated carbocycles. The topological polar surface area (TPSA) is 122 Å². The molecule has 12 heteroatoms. The maximum Gasteiger partial charge on any atom is 0.409 e. The van der Waals surface area contributed by atoms with Crippen LogP contribution in [0.4, 0.5) is 14.9 Å². The number of ether oxygens (including phenoxy) is 2. The third-order valence-electron chi connectivity index (χ3n) is 7.00. The highest BCUT2D eigenvalue weighted by Gasteiger charge is 2.57. The number of carboxylic acid groups (broad SMARTS) is 1. The van der Waals surface area contributed by atoms with Crippen LogP contribution in [0, 0.1) is 21.7 Å². The Morgan fingerprint density at radius 3 is 2.74 bits per heavy atom. The van der Waals surface area contributed by atoms with Crippen molar-refractivity contribution in [2.45, 2.75) is 32.3 Å². The number of anilines is 1. The van der Waals surface area contributed by atoms with Crippen molar-refractivity contribution in [3.05, 3.63) is 51.1 Å². The Hall–Kier alpha value is -3.26. The summed E-state index contributed by atoms with van der Waals surface area (Å²) < 4.78 is 28.9. The van der Waals surface area contributed by atoms with Crippen molar-refractivity contribution >= 4 is 51.9 Å². The Kier molecular flexibility index (Phi) is 7.03. The number of pyridine rings is 1. The molecule has 3 aromatic rings. The van der Waals surface area contributed by atoms with Gasteiger partial charge in [-0.3, -0.25) is 9.59 Å². The molecule has 1 aliphatic carbocycles. The second kappa shape index (κ2) is 10.1. The number of amides is 2. The molecular formula is C26H26FIN4O6. The van der Waals surface area contributed by atoms with Crippen LogP contribution in [0.1, 0.15) is 24.1 Å². The molecule has 2 amide bonds. The summed E-state index contributed by atoms with van der Waals surface area (Å²) in [5, 5.41) is 11.9. The fourth-order valence-corrected chi connectivity index (χ4v) is 5.58. The predicted octanol–water partition coefficient (Wildman–Crippen LogP) is 3.87. The Labute approximate surface area is 231 Å². The largest absolute Gasteiger partial charge is 0.480 e. The van der Waals surface area contributed by atoms with Gasteiger partial charge in [0, 0.05) is 28.4 Å². The fourth-order valence-electron chi connectivity index (χ4n) is 4.73. The first-order valence-corrected chi connectivity index (χ1v) is 13.2. The van der Waals surface area contributed by atoms with Gasteiger partial charge in [-0.1, -0.05) is 0 Å². The Morgan fingerprint density at radius 2 is 2.08 bits per heavy atom. The standard InChI is InChI=1S/C26H26FIN4O6/c1-14-3-6-32-19(12-16-13-31(7-8-38-16)25(36)37-2)22(30-20(32)9-14)21-17(27)10-15(11-18(21)28)29-23(33)26(4-5-26)24(34)35/h3,6,9-11,16H,4-5,7-8,12-13H2,1-2H3,(H,29,33)(H,34,35)/t16-/m0/s1. The number of hydrogen-bond acceptors (Lipinski definition) is 6. The molecule has 38 heavy (non-hydrogen) atoms. The van der Waals surface area contributed by atoms with Crippen LogP contribution in [0.25, 0.3) is 16.9 Å². The maximum absolute atomic E-state index is 15.7. The van der Waals surface area contributed by atoms with Crippen molar-refractivity contribution in [1.29, 1.82) is 0 Å². The van der Waals surface area contributed by atoms with Crippen molar-refractivity contribution in [3.8, 4) is 11.3 Å². The lowest BCUT2D eigenvalue weighted by Gasteiger charge is -2.32. The highest BCUT2D eigenvalue weighted by molar-refractivity contribution is 14.1. The number of rotatable bonds is 6. The molecule has 0 unspecified atom stereocenters. The number of carbonyl (C=O) groups is 3. The molecule has 3 heterocycles. The minimum atomic E-state index is -1.44. The molecule has 10 nitrogen and oxygen atoms in total. The van der Waals surface area contributed by atoms with Crippen molar-refractivity contribution in [2.24, 2.45) is 5.41 Å². The van der Waals surface area contributed by atoms with Crippen LogP contribution in [-0.2, 0) is 25.5 Å². The van der Waals surface area contributed by atoms with Crippen LogP contribution >= 0.6 is 22.6 Å². The first-order chi connectivity index (χ1) is 18.1. The number of imidazole rings is 1. The number of carboxylic acids is 1. The van der Waals surface area contributed by atoms with Crippen molar-refractivity contribution < 1.29 is 33.4 Å². The third kappa shape index (κ3) is 4.82. The van der Waals surface area contributed by atoms with E-state index >= 15 is 4.39 Å². The first kappa shape index (κ1) is 26.4. The van der Waals surface area contributed by atoms with Crippen LogP contribution in [0.5, 0.6) is 0 Å². The van der Waals surface area contributed by atoms with Crippen molar-refractivity contribution in [3.63, 3.8) is 0 Å². The van der Waals surface area contributed by atoms with E-state index in [1.54, 1.807) is 11.0 Å². The number of nitrogens with zero attached hydrogens (tertiary/aromatic N) is 3. The number of benzene rings is 1. The van der Waals surface area contributed by atoms with Crippen LogP contribution in [0.2, 0.25) is 0 Å². The summed E-state index contributed by atoms with van der Waals surface area (Å²) in [4.78, 5) is 42.4. The molecule has 1 aliphatic heterocycles. The molecule has 0 spiro atoms. The van der Waals surface area contributed by atoms with Crippen molar-refractivity contribution in [1.82, 2.24) is 14.3 Å². The van der Waals surface area contributed by atoms with Crippen LogP contribution in [0.3, 0.4) is 0 Å². The van der Waals surface area contributed by atoms with E-state index in [9.17, 15) is 19.5 Å². The Morgan fingerprint density at radius 1 is 1.32 bits per heavy atom. The molecule has 0 radical (unpaired) electrons. The van der Waals surface area contributed by atoms with Gasteiger partial charge in [0.1, 0.15) is 16.9 Å². The van der Waals surface area contributed by atoms with Gasteiger partial charge in [-0.25, -0.2) is 14.2 Å². The number of carbonyl (C=O) groups excluding carboxylic acids is 2. The molecular weight excluding hydrogens is 610 g/mol. The average molecular weight is 636 g/mol. The quantitative estimate of drug-likeness (QED) is 0.311. The number of nitrogens with one attached hydrogen (secondary N) is 1. The van der Waals surface area contributed by atoms with E-state index in [0.717, 1.165) is 5.56 Å². The highest BCUT2D eigenvalue weighted by atomic mass is 127. The molecule has 1 saturated heterocycles. The van der Waals surface area contributed by atoms with E-state index in [1.807, 2.05) is 52.2 Å². The van der Waals surface area contributed by atoms with Crippen molar-refractivity contribution in [2.75, 3.05) is 32.1 Å². The van der Waals surface area contributed by atoms with E-state index in [1.165, 1.54) is 13.2 Å². The lowest BCUT2D eigenvalue weighted by atomic mass is 10.0. The molecule has 1 atom stereocenters. The number of hydrogen-bond donors (Lipinski definition) is 2. The average Bonchev–Trinajstić information content (AvgIpc) is 3.63. The summed E-state index contributed by atoms with van der Waals surface area (Å²) in [5.41, 5.74) is 1.78. The SMILES string of the molecule is COC(=O)N1CCO[C@@H](Cc2c(-c3c(F)cc(NC(=O)C4(C(=O)O)CC4)cc3I)nc3cc(C)ccn23)C1. The van der Waals surface area contributed by atoms with Gasteiger partial charge in [-0.2, -0.15) is 0 Å². The van der Waals surface area contributed by atoms with Gasteiger partial charge in [-0.15, -0.1) is 0 Å².